The van der Waals surface area contributed by atoms with Crippen molar-refractivity contribution in [2.45, 2.75) is 19.8 Å². The van der Waals surface area contributed by atoms with Crippen LogP contribution in [0.15, 0.2) is 18.2 Å². The molecule has 18 heavy (non-hydrogen) atoms. The number of nitrogens with two attached hydrogens (primary N) is 1. The Morgan fingerprint density at radius 2 is 2.28 bits per heavy atom. The van der Waals surface area contributed by atoms with Crippen LogP contribution in [0.2, 0.25) is 0 Å². The molecule has 0 saturated heterocycles. The Balaban J connectivity index is 2.58. The molecule has 0 heterocycles. The summed E-state index contributed by atoms with van der Waals surface area (Å²) in [4.78, 5) is 11.4. The van der Waals surface area contributed by atoms with E-state index in [0.29, 0.717) is 30.8 Å². The van der Waals surface area contributed by atoms with E-state index in [4.69, 9.17) is 10.5 Å². The molecule has 5 heteroatoms. The largest absolute Gasteiger partial charge is 0.483 e. The number of carbonyl (C=O) groups excluding carboxylic acids is 1. The van der Waals surface area contributed by atoms with Crippen LogP contribution < -0.4 is 15.8 Å². The first kappa shape index (κ1) is 14.4. The fourth-order valence-electron chi connectivity index (χ4n) is 1.50. The van der Waals surface area contributed by atoms with Crippen LogP contribution in [-0.2, 0) is 11.2 Å². The molecular weight excluding hydrogens is 235 g/mol. The van der Waals surface area contributed by atoms with E-state index in [0.717, 1.165) is 6.42 Å². The van der Waals surface area contributed by atoms with Crippen molar-refractivity contribution in [1.29, 1.82) is 0 Å². The quantitative estimate of drug-likeness (QED) is 0.769. The lowest BCUT2D eigenvalue weighted by Gasteiger charge is -2.11. The molecule has 1 amide bonds. The molecule has 1 aromatic rings. The summed E-state index contributed by atoms with van der Waals surface area (Å²) in [6.45, 7) is 2.94. The van der Waals surface area contributed by atoms with Crippen LogP contribution in [0, 0.1) is 5.82 Å². The molecule has 0 bridgehead atoms. The maximum Gasteiger partial charge on any atom is 0.257 e. The summed E-state index contributed by atoms with van der Waals surface area (Å²) in [5.74, 6) is -0.00499. The normalized spacial score (nSPS) is 10.2. The molecule has 0 aliphatic rings. The van der Waals surface area contributed by atoms with Gasteiger partial charge in [-0.25, -0.2) is 4.39 Å². The van der Waals surface area contributed by atoms with Gasteiger partial charge in [0.25, 0.3) is 5.91 Å². The lowest BCUT2D eigenvalue weighted by atomic mass is 10.1. The number of rotatable bonds is 7. The summed E-state index contributed by atoms with van der Waals surface area (Å²) >= 11 is 0. The molecule has 0 aromatic heterocycles. The van der Waals surface area contributed by atoms with Crippen molar-refractivity contribution in [3.63, 3.8) is 0 Å². The van der Waals surface area contributed by atoms with Gasteiger partial charge in [0.2, 0.25) is 0 Å². The van der Waals surface area contributed by atoms with E-state index in [9.17, 15) is 9.18 Å². The highest BCUT2D eigenvalue weighted by molar-refractivity contribution is 5.77. The van der Waals surface area contributed by atoms with E-state index in [1.165, 1.54) is 18.2 Å². The van der Waals surface area contributed by atoms with Gasteiger partial charge in [0.05, 0.1) is 0 Å². The monoisotopic (exact) mass is 254 g/mol. The minimum atomic E-state index is -0.332. The fraction of sp³-hybridized carbons (Fsp3) is 0.462. The second-order valence-corrected chi connectivity index (χ2v) is 3.93. The Hall–Kier alpha value is -1.62. The smallest absolute Gasteiger partial charge is 0.257 e. The molecule has 4 nitrogen and oxygen atoms in total. The maximum absolute atomic E-state index is 13.1. The van der Waals surface area contributed by atoms with E-state index < -0.39 is 0 Å². The standard InChI is InChI=1S/C13H19FN2O2/c1-2-7-16-13(17)9-18-12-4-3-11(14)8-10(12)5-6-15/h3-4,8H,2,5-7,9,15H2,1H3,(H,16,17). The summed E-state index contributed by atoms with van der Waals surface area (Å²) in [6.07, 6.45) is 1.39. The van der Waals surface area contributed by atoms with Gasteiger partial charge in [0.15, 0.2) is 6.61 Å². The van der Waals surface area contributed by atoms with Crippen LogP contribution in [0.4, 0.5) is 4.39 Å². The summed E-state index contributed by atoms with van der Waals surface area (Å²) in [6, 6.07) is 4.21. The highest BCUT2D eigenvalue weighted by Crippen LogP contribution is 2.19. The minimum Gasteiger partial charge on any atom is -0.483 e. The second-order valence-electron chi connectivity index (χ2n) is 3.93. The van der Waals surface area contributed by atoms with Crippen molar-refractivity contribution in [2.75, 3.05) is 19.7 Å². The van der Waals surface area contributed by atoms with Crippen molar-refractivity contribution < 1.29 is 13.9 Å². The Morgan fingerprint density at radius 3 is 2.94 bits per heavy atom. The molecular formula is C13H19FN2O2. The number of hydrogen-bond donors (Lipinski definition) is 2. The topological polar surface area (TPSA) is 64.3 Å². The molecule has 0 radical (unpaired) electrons. The first-order valence-corrected chi connectivity index (χ1v) is 6.05. The Bertz CT molecular complexity index is 397. The zero-order valence-electron chi connectivity index (χ0n) is 10.5. The van der Waals surface area contributed by atoms with Gasteiger partial charge >= 0.3 is 0 Å². The Morgan fingerprint density at radius 1 is 1.50 bits per heavy atom. The zero-order chi connectivity index (χ0) is 13.4. The van der Waals surface area contributed by atoms with Crippen LogP contribution in [0.1, 0.15) is 18.9 Å². The van der Waals surface area contributed by atoms with Crippen molar-refractivity contribution >= 4 is 5.91 Å². The van der Waals surface area contributed by atoms with E-state index in [1.54, 1.807) is 0 Å². The average Bonchev–Trinajstić information content (AvgIpc) is 2.36. The Kier molecular flexibility index (Phi) is 6.14. The van der Waals surface area contributed by atoms with E-state index in [1.807, 2.05) is 6.92 Å². The lowest BCUT2D eigenvalue weighted by molar-refractivity contribution is -0.123. The number of amides is 1. The van der Waals surface area contributed by atoms with Gasteiger partial charge in [-0.3, -0.25) is 4.79 Å². The van der Waals surface area contributed by atoms with Crippen molar-refractivity contribution in [3.8, 4) is 5.75 Å². The van der Waals surface area contributed by atoms with Gasteiger partial charge < -0.3 is 15.8 Å². The lowest BCUT2D eigenvalue weighted by Crippen LogP contribution is -2.29. The zero-order valence-corrected chi connectivity index (χ0v) is 10.5. The van der Waals surface area contributed by atoms with E-state index in [2.05, 4.69) is 5.32 Å². The van der Waals surface area contributed by atoms with Crippen LogP contribution >= 0.6 is 0 Å². The third-order valence-electron chi connectivity index (χ3n) is 2.37. The third kappa shape index (κ3) is 4.71. The highest BCUT2D eigenvalue weighted by Gasteiger charge is 2.07. The molecule has 3 N–H and O–H groups in total. The highest BCUT2D eigenvalue weighted by atomic mass is 19.1. The number of ether oxygens (including phenoxy) is 1. The Labute approximate surface area is 106 Å². The molecule has 0 atom stereocenters. The fourth-order valence-corrected chi connectivity index (χ4v) is 1.50. The number of benzene rings is 1. The number of hydrogen-bond acceptors (Lipinski definition) is 3. The first-order chi connectivity index (χ1) is 8.67. The van der Waals surface area contributed by atoms with Crippen LogP contribution in [0.5, 0.6) is 5.75 Å². The predicted molar refractivity (Wildman–Crippen MR) is 68.0 cm³/mol. The summed E-state index contributed by atoms with van der Waals surface area (Å²) in [5.41, 5.74) is 6.13. The van der Waals surface area contributed by atoms with E-state index in [-0.39, 0.29) is 18.3 Å². The SMILES string of the molecule is CCCNC(=O)COc1ccc(F)cc1CCN. The average molecular weight is 254 g/mol. The minimum absolute atomic E-state index is 0.0663. The molecule has 0 aliphatic carbocycles. The molecule has 100 valence electrons. The van der Waals surface area contributed by atoms with Crippen LogP contribution in [-0.4, -0.2) is 25.6 Å². The second kappa shape index (κ2) is 7.66. The molecule has 0 spiro atoms. The molecule has 0 aliphatic heterocycles. The van der Waals surface area contributed by atoms with Crippen molar-refractivity contribution in [3.05, 3.63) is 29.6 Å². The van der Waals surface area contributed by atoms with Gasteiger partial charge in [-0.1, -0.05) is 6.92 Å². The van der Waals surface area contributed by atoms with Gasteiger partial charge in [0, 0.05) is 6.54 Å². The van der Waals surface area contributed by atoms with Gasteiger partial charge in [-0.15, -0.1) is 0 Å². The maximum atomic E-state index is 13.1. The third-order valence-corrected chi connectivity index (χ3v) is 2.37. The van der Waals surface area contributed by atoms with Gasteiger partial charge in [-0.05, 0) is 43.1 Å². The number of nitrogens with one attached hydrogen (secondary N) is 1. The molecule has 1 aromatic carbocycles. The summed E-state index contributed by atoms with van der Waals surface area (Å²) in [5, 5.41) is 2.70. The molecule has 0 saturated carbocycles. The van der Waals surface area contributed by atoms with Crippen LogP contribution in [0.3, 0.4) is 0 Å². The molecule has 0 fully saturated rings. The molecule has 1 rings (SSSR count). The van der Waals surface area contributed by atoms with Crippen LogP contribution in [0.25, 0.3) is 0 Å². The van der Waals surface area contributed by atoms with Gasteiger partial charge in [-0.2, -0.15) is 0 Å². The van der Waals surface area contributed by atoms with Crippen molar-refractivity contribution in [1.82, 2.24) is 5.32 Å². The van der Waals surface area contributed by atoms with Crippen molar-refractivity contribution in [2.24, 2.45) is 5.73 Å². The van der Waals surface area contributed by atoms with Gasteiger partial charge in [0.1, 0.15) is 11.6 Å². The number of halogens is 1. The predicted octanol–water partition coefficient (Wildman–Crippen LogP) is 1.23. The number of carbonyl (C=O) groups is 1. The van der Waals surface area contributed by atoms with E-state index >= 15 is 0 Å². The summed E-state index contributed by atoms with van der Waals surface area (Å²) in [7, 11) is 0. The molecule has 0 unspecified atom stereocenters. The summed E-state index contributed by atoms with van der Waals surface area (Å²) < 4.78 is 18.4. The first-order valence-electron chi connectivity index (χ1n) is 6.05.